The van der Waals surface area contributed by atoms with Gasteiger partial charge in [0.1, 0.15) is 5.82 Å². The first-order valence-electron chi connectivity index (χ1n) is 3.50. The highest BCUT2D eigenvalue weighted by atomic mass is 79.9. The van der Waals surface area contributed by atoms with Crippen LogP contribution >= 0.6 is 15.9 Å². The lowest BCUT2D eigenvalue weighted by Crippen LogP contribution is -1.90. The smallest absolute Gasteiger partial charge is 0.153 e. The lowest BCUT2D eigenvalue weighted by Gasteiger charge is -1.97. The van der Waals surface area contributed by atoms with Crippen LogP contribution in [0.5, 0.6) is 0 Å². The van der Waals surface area contributed by atoms with Crippen molar-refractivity contribution in [3.05, 3.63) is 34.3 Å². The van der Waals surface area contributed by atoms with E-state index in [0.29, 0.717) is 21.8 Å². The fourth-order valence-electron chi connectivity index (χ4n) is 1.15. The van der Waals surface area contributed by atoms with Crippen LogP contribution in [-0.2, 0) is 0 Å². The van der Waals surface area contributed by atoms with Crippen LogP contribution in [0.1, 0.15) is 10.4 Å². The molecule has 5 heteroatoms. The molecule has 0 radical (unpaired) electrons. The van der Waals surface area contributed by atoms with Crippen LogP contribution in [0.25, 0.3) is 5.52 Å². The largest absolute Gasteiger partial charge is 0.298 e. The number of fused-ring (bicyclic) bond motifs is 1. The number of carbonyl (C=O) groups excluding carboxylic acids is 1. The molecule has 0 aliphatic heterocycles. The van der Waals surface area contributed by atoms with Crippen LogP contribution in [0.15, 0.2) is 22.9 Å². The minimum atomic E-state index is -0.403. The molecule has 0 saturated heterocycles. The summed E-state index contributed by atoms with van der Waals surface area (Å²) in [6.07, 6.45) is 3.30. The Morgan fingerprint density at radius 3 is 3.08 bits per heavy atom. The standard InChI is InChI=1S/C8H4BrFN2O/c9-7-1-6(10)3-12-8(7)5(4-13)2-11-12/h1-4H. The molecule has 0 atom stereocenters. The summed E-state index contributed by atoms with van der Waals surface area (Å²) in [5.41, 5.74) is 1.02. The summed E-state index contributed by atoms with van der Waals surface area (Å²) in [4.78, 5) is 10.6. The summed E-state index contributed by atoms with van der Waals surface area (Å²) in [5, 5.41) is 3.83. The maximum Gasteiger partial charge on any atom is 0.153 e. The number of carbonyl (C=O) groups is 1. The number of hydrogen-bond donors (Lipinski definition) is 0. The second-order valence-electron chi connectivity index (χ2n) is 2.52. The highest BCUT2D eigenvalue weighted by Crippen LogP contribution is 2.21. The maximum absolute atomic E-state index is 12.8. The van der Waals surface area contributed by atoms with E-state index in [9.17, 15) is 9.18 Å². The molecule has 0 fully saturated rings. The van der Waals surface area contributed by atoms with E-state index >= 15 is 0 Å². The third kappa shape index (κ3) is 1.25. The molecule has 0 saturated carbocycles. The molecule has 2 heterocycles. The van der Waals surface area contributed by atoms with E-state index in [0.717, 1.165) is 0 Å². The van der Waals surface area contributed by atoms with Gasteiger partial charge in [-0.1, -0.05) is 0 Å². The van der Waals surface area contributed by atoms with Gasteiger partial charge in [-0.2, -0.15) is 5.10 Å². The molecule has 3 nitrogen and oxygen atoms in total. The molecule has 0 N–H and O–H groups in total. The zero-order valence-electron chi connectivity index (χ0n) is 6.37. The minimum absolute atomic E-state index is 0.403. The second-order valence-corrected chi connectivity index (χ2v) is 3.37. The molecular formula is C8H4BrFN2O. The van der Waals surface area contributed by atoms with Gasteiger partial charge in [-0.25, -0.2) is 8.91 Å². The molecule has 0 unspecified atom stereocenters. The van der Waals surface area contributed by atoms with Gasteiger partial charge in [-0.05, 0) is 22.0 Å². The zero-order valence-corrected chi connectivity index (χ0v) is 7.95. The van der Waals surface area contributed by atoms with Crippen molar-refractivity contribution in [3.63, 3.8) is 0 Å². The monoisotopic (exact) mass is 242 g/mol. The zero-order chi connectivity index (χ0) is 9.42. The Kier molecular flexibility index (Phi) is 1.88. The number of halogens is 2. The quantitative estimate of drug-likeness (QED) is 0.718. The van der Waals surface area contributed by atoms with E-state index in [2.05, 4.69) is 21.0 Å². The number of rotatable bonds is 1. The van der Waals surface area contributed by atoms with Crippen molar-refractivity contribution in [2.75, 3.05) is 0 Å². The van der Waals surface area contributed by atoms with Gasteiger partial charge in [0.05, 0.1) is 23.5 Å². The first kappa shape index (κ1) is 8.37. The maximum atomic E-state index is 12.8. The highest BCUT2D eigenvalue weighted by Gasteiger charge is 2.07. The van der Waals surface area contributed by atoms with Gasteiger partial charge < -0.3 is 0 Å². The fourth-order valence-corrected chi connectivity index (χ4v) is 1.78. The van der Waals surface area contributed by atoms with Crippen molar-refractivity contribution in [2.45, 2.75) is 0 Å². The number of nitrogens with zero attached hydrogens (tertiary/aromatic N) is 2. The minimum Gasteiger partial charge on any atom is -0.298 e. The lowest BCUT2D eigenvalue weighted by atomic mass is 10.3. The highest BCUT2D eigenvalue weighted by molar-refractivity contribution is 9.10. The van der Waals surface area contributed by atoms with Gasteiger partial charge in [0, 0.05) is 4.47 Å². The van der Waals surface area contributed by atoms with Crippen molar-refractivity contribution in [1.29, 1.82) is 0 Å². The van der Waals surface area contributed by atoms with Gasteiger partial charge in [-0.15, -0.1) is 0 Å². The third-order valence-corrected chi connectivity index (χ3v) is 2.29. The van der Waals surface area contributed by atoms with Crippen molar-refractivity contribution in [1.82, 2.24) is 9.61 Å². The fraction of sp³-hybridized carbons (Fsp3) is 0. The van der Waals surface area contributed by atoms with Crippen LogP contribution in [0.2, 0.25) is 0 Å². The first-order valence-corrected chi connectivity index (χ1v) is 4.29. The van der Waals surface area contributed by atoms with E-state index in [4.69, 9.17) is 0 Å². The van der Waals surface area contributed by atoms with E-state index in [-0.39, 0.29) is 0 Å². The predicted octanol–water partition coefficient (Wildman–Crippen LogP) is 2.05. The molecule has 0 aromatic carbocycles. The average Bonchev–Trinajstić information content (AvgIpc) is 2.47. The van der Waals surface area contributed by atoms with E-state index in [1.54, 1.807) is 0 Å². The van der Waals surface area contributed by atoms with Crippen molar-refractivity contribution in [3.8, 4) is 0 Å². The number of aldehydes is 1. The Labute approximate surface area is 81.3 Å². The summed E-state index contributed by atoms with van der Waals surface area (Å²) in [6, 6.07) is 1.30. The van der Waals surface area contributed by atoms with E-state index in [1.165, 1.54) is 23.0 Å². The van der Waals surface area contributed by atoms with Gasteiger partial charge >= 0.3 is 0 Å². The van der Waals surface area contributed by atoms with Crippen LogP contribution in [0.4, 0.5) is 4.39 Å². The SMILES string of the molecule is O=Cc1cnn2cc(F)cc(Br)c12. The molecule has 0 bridgehead atoms. The molecule has 2 aromatic rings. The lowest BCUT2D eigenvalue weighted by molar-refractivity contribution is 0.112. The Morgan fingerprint density at radius 1 is 1.62 bits per heavy atom. The molecule has 0 aliphatic rings. The Bertz CT molecular complexity index is 480. The van der Waals surface area contributed by atoms with Crippen LogP contribution in [0, 0.1) is 5.82 Å². The summed E-state index contributed by atoms with van der Waals surface area (Å²) >= 11 is 3.16. The molecular weight excluding hydrogens is 239 g/mol. The molecule has 2 rings (SSSR count). The third-order valence-electron chi connectivity index (χ3n) is 1.69. The van der Waals surface area contributed by atoms with E-state index in [1.807, 2.05) is 0 Å². The Balaban J connectivity index is 2.89. The summed E-state index contributed by atoms with van der Waals surface area (Å²) in [7, 11) is 0. The van der Waals surface area contributed by atoms with Crippen molar-refractivity contribution < 1.29 is 9.18 Å². The molecule has 0 spiro atoms. The van der Waals surface area contributed by atoms with Crippen LogP contribution in [0.3, 0.4) is 0 Å². The van der Waals surface area contributed by atoms with Gasteiger partial charge in [0.25, 0.3) is 0 Å². The summed E-state index contributed by atoms with van der Waals surface area (Å²) in [6.45, 7) is 0. The van der Waals surface area contributed by atoms with Crippen LogP contribution < -0.4 is 0 Å². The molecule has 0 amide bonds. The number of hydrogen-bond acceptors (Lipinski definition) is 2. The van der Waals surface area contributed by atoms with E-state index < -0.39 is 5.82 Å². The second kappa shape index (κ2) is 2.92. The topological polar surface area (TPSA) is 34.4 Å². The molecule has 13 heavy (non-hydrogen) atoms. The Morgan fingerprint density at radius 2 is 2.38 bits per heavy atom. The van der Waals surface area contributed by atoms with Gasteiger partial charge in [0.15, 0.2) is 6.29 Å². The van der Waals surface area contributed by atoms with Gasteiger partial charge in [-0.3, -0.25) is 4.79 Å². The Hall–Kier alpha value is -1.23. The molecule has 0 aliphatic carbocycles. The summed E-state index contributed by atoms with van der Waals surface area (Å²) in [5.74, 6) is -0.403. The van der Waals surface area contributed by atoms with Crippen molar-refractivity contribution in [2.24, 2.45) is 0 Å². The van der Waals surface area contributed by atoms with Crippen molar-refractivity contribution >= 4 is 27.7 Å². The average molecular weight is 243 g/mol. The molecule has 66 valence electrons. The number of pyridine rings is 1. The first-order chi connectivity index (χ1) is 6.22. The summed E-state index contributed by atoms with van der Waals surface area (Å²) < 4.78 is 14.7. The predicted molar refractivity (Wildman–Crippen MR) is 48.2 cm³/mol. The van der Waals surface area contributed by atoms with Crippen LogP contribution in [-0.4, -0.2) is 15.9 Å². The molecule has 2 aromatic heterocycles. The normalized spacial score (nSPS) is 10.6. The van der Waals surface area contributed by atoms with Gasteiger partial charge in [0.2, 0.25) is 0 Å². The number of aromatic nitrogens is 2.